The highest BCUT2D eigenvalue weighted by atomic mass is 35.5. The number of hydrogen-bond acceptors (Lipinski definition) is 1. The van der Waals surface area contributed by atoms with Crippen molar-refractivity contribution in [3.63, 3.8) is 0 Å². The summed E-state index contributed by atoms with van der Waals surface area (Å²) in [6, 6.07) is 7.49. The maximum Gasteiger partial charge on any atom is 0.315 e. The Morgan fingerprint density at radius 2 is 1.82 bits per heavy atom. The summed E-state index contributed by atoms with van der Waals surface area (Å²) in [5.74, 6) is 0. The second-order valence-electron chi connectivity index (χ2n) is 4.20. The molecule has 0 radical (unpaired) electrons. The molecule has 0 fully saturated rings. The van der Waals surface area contributed by atoms with Gasteiger partial charge >= 0.3 is 6.03 Å². The molecule has 0 saturated carbocycles. The second kappa shape index (κ2) is 6.50. The minimum absolute atomic E-state index is 0.0312. The molecule has 1 aromatic carbocycles. The Morgan fingerprint density at radius 1 is 1.24 bits per heavy atom. The molecule has 0 heterocycles. The Morgan fingerprint density at radius 3 is 2.35 bits per heavy atom. The van der Waals surface area contributed by atoms with Crippen molar-refractivity contribution >= 4 is 17.6 Å². The minimum Gasteiger partial charge on any atom is -0.336 e. The van der Waals surface area contributed by atoms with Crippen molar-refractivity contribution < 1.29 is 4.79 Å². The lowest BCUT2D eigenvalue weighted by molar-refractivity contribution is 0.234. The van der Waals surface area contributed by atoms with E-state index in [2.05, 4.69) is 10.6 Å². The third kappa shape index (κ3) is 4.65. The van der Waals surface area contributed by atoms with Crippen molar-refractivity contribution in [3.8, 4) is 0 Å². The molecule has 2 atom stereocenters. The Hall–Kier alpha value is -1.22. The van der Waals surface area contributed by atoms with E-state index in [9.17, 15) is 4.79 Å². The zero-order valence-electron chi connectivity index (χ0n) is 10.5. The van der Waals surface area contributed by atoms with E-state index in [1.54, 1.807) is 0 Å². The lowest BCUT2D eigenvalue weighted by Crippen LogP contribution is -2.41. The van der Waals surface area contributed by atoms with Gasteiger partial charge in [0.1, 0.15) is 0 Å². The molecule has 0 unspecified atom stereocenters. The molecule has 0 aliphatic heterocycles. The molecule has 0 saturated heterocycles. The minimum atomic E-state index is -0.137. The van der Waals surface area contributed by atoms with E-state index in [0.29, 0.717) is 5.02 Å². The quantitative estimate of drug-likeness (QED) is 0.848. The van der Waals surface area contributed by atoms with Crippen LogP contribution in [-0.2, 0) is 0 Å². The summed E-state index contributed by atoms with van der Waals surface area (Å²) in [4.78, 5) is 11.6. The maximum absolute atomic E-state index is 11.6. The van der Waals surface area contributed by atoms with E-state index in [0.717, 1.165) is 12.0 Å². The van der Waals surface area contributed by atoms with E-state index in [1.165, 1.54) is 0 Å². The molecule has 0 spiro atoms. The zero-order chi connectivity index (χ0) is 12.8. The fraction of sp³-hybridized carbons (Fsp3) is 0.462. The van der Waals surface area contributed by atoms with Gasteiger partial charge in [-0.15, -0.1) is 0 Å². The second-order valence-corrected chi connectivity index (χ2v) is 4.64. The van der Waals surface area contributed by atoms with Crippen LogP contribution in [0.5, 0.6) is 0 Å². The van der Waals surface area contributed by atoms with Crippen LogP contribution in [0.4, 0.5) is 4.79 Å². The van der Waals surface area contributed by atoms with Crippen molar-refractivity contribution in [2.75, 3.05) is 0 Å². The Labute approximate surface area is 108 Å². The van der Waals surface area contributed by atoms with Gasteiger partial charge in [-0.25, -0.2) is 4.79 Å². The number of urea groups is 1. The van der Waals surface area contributed by atoms with Crippen LogP contribution in [0.2, 0.25) is 5.02 Å². The predicted octanol–water partition coefficient (Wildman–Crippen LogP) is 3.50. The Kier molecular flexibility index (Phi) is 5.29. The largest absolute Gasteiger partial charge is 0.336 e. The third-order valence-corrected chi connectivity index (χ3v) is 2.96. The van der Waals surface area contributed by atoms with Crippen molar-refractivity contribution in [2.24, 2.45) is 0 Å². The number of halogens is 1. The summed E-state index contributed by atoms with van der Waals surface area (Å²) in [7, 11) is 0. The van der Waals surface area contributed by atoms with Crippen molar-refractivity contribution in [2.45, 2.75) is 39.3 Å². The first-order valence-corrected chi connectivity index (χ1v) is 6.23. The van der Waals surface area contributed by atoms with Crippen LogP contribution in [0, 0.1) is 0 Å². The van der Waals surface area contributed by atoms with Gasteiger partial charge in [0, 0.05) is 11.1 Å². The molecule has 4 heteroatoms. The fourth-order valence-electron chi connectivity index (χ4n) is 1.40. The Bertz CT molecular complexity index is 364. The lowest BCUT2D eigenvalue weighted by atomic mass is 10.1. The van der Waals surface area contributed by atoms with Gasteiger partial charge in [-0.1, -0.05) is 30.7 Å². The number of rotatable bonds is 4. The molecule has 0 bridgehead atoms. The normalized spacial score (nSPS) is 13.9. The molecule has 17 heavy (non-hydrogen) atoms. The first-order chi connectivity index (χ1) is 8.02. The summed E-state index contributed by atoms with van der Waals surface area (Å²) in [5.41, 5.74) is 1.04. The average molecular weight is 255 g/mol. The summed E-state index contributed by atoms with van der Waals surface area (Å²) in [6.07, 6.45) is 0.919. The molecular formula is C13H19ClN2O. The van der Waals surface area contributed by atoms with Crippen molar-refractivity contribution in [1.82, 2.24) is 10.6 Å². The number of carbonyl (C=O) groups excluding carboxylic acids is 1. The number of hydrogen-bond donors (Lipinski definition) is 2. The summed E-state index contributed by atoms with van der Waals surface area (Å²) in [6.45, 7) is 5.96. The van der Waals surface area contributed by atoms with Gasteiger partial charge in [-0.3, -0.25) is 0 Å². The van der Waals surface area contributed by atoms with Gasteiger partial charge < -0.3 is 10.6 Å². The maximum atomic E-state index is 11.6. The van der Waals surface area contributed by atoms with E-state index < -0.39 is 0 Å². The van der Waals surface area contributed by atoms with Crippen molar-refractivity contribution in [3.05, 3.63) is 34.9 Å². The first-order valence-electron chi connectivity index (χ1n) is 5.85. The zero-order valence-corrected chi connectivity index (χ0v) is 11.2. The smallest absolute Gasteiger partial charge is 0.315 e. The fourth-order valence-corrected chi connectivity index (χ4v) is 1.52. The standard InChI is InChI=1S/C13H19ClN2O/c1-4-9(2)15-13(17)16-10(3)11-5-7-12(14)8-6-11/h5-10H,4H2,1-3H3,(H2,15,16,17)/t9-,10-/m1/s1. The van der Waals surface area contributed by atoms with Crippen LogP contribution in [-0.4, -0.2) is 12.1 Å². The molecule has 0 aromatic heterocycles. The molecule has 94 valence electrons. The van der Waals surface area contributed by atoms with E-state index in [4.69, 9.17) is 11.6 Å². The van der Waals surface area contributed by atoms with E-state index in [-0.39, 0.29) is 18.1 Å². The van der Waals surface area contributed by atoms with Gasteiger partial charge in [-0.05, 0) is 38.0 Å². The van der Waals surface area contributed by atoms with Gasteiger partial charge in [0.05, 0.1) is 6.04 Å². The molecule has 1 rings (SSSR count). The van der Waals surface area contributed by atoms with Gasteiger partial charge in [-0.2, -0.15) is 0 Å². The summed E-state index contributed by atoms with van der Waals surface area (Å²) >= 11 is 5.81. The van der Waals surface area contributed by atoms with Crippen LogP contribution in [0.15, 0.2) is 24.3 Å². The highest BCUT2D eigenvalue weighted by Crippen LogP contribution is 2.15. The third-order valence-electron chi connectivity index (χ3n) is 2.71. The van der Waals surface area contributed by atoms with Gasteiger partial charge in [0.2, 0.25) is 0 Å². The molecule has 1 aromatic rings. The van der Waals surface area contributed by atoms with Gasteiger partial charge in [0.15, 0.2) is 0 Å². The van der Waals surface area contributed by atoms with Crippen molar-refractivity contribution in [1.29, 1.82) is 0 Å². The molecule has 0 aliphatic carbocycles. The highest BCUT2D eigenvalue weighted by Gasteiger charge is 2.10. The SMILES string of the molecule is CC[C@@H](C)NC(=O)N[C@H](C)c1ccc(Cl)cc1. The van der Waals surface area contributed by atoms with Gasteiger partial charge in [0.25, 0.3) is 0 Å². The number of amides is 2. The predicted molar refractivity (Wildman–Crippen MR) is 71.3 cm³/mol. The lowest BCUT2D eigenvalue weighted by Gasteiger charge is -2.17. The van der Waals surface area contributed by atoms with Crippen LogP contribution in [0.3, 0.4) is 0 Å². The summed E-state index contributed by atoms with van der Waals surface area (Å²) < 4.78 is 0. The number of carbonyl (C=O) groups is 1. The van der Waals surface area contributed by atoms with E-state index in [1.807, 2.05) is 45.0 Å². The highest BCUT2D eigenvalue weighted by molar-refractivity contribution is 6.30. The number of nitrogens with one attached hydrogen (secondary N) is 2. The number of benzene rings is 1. The van der Waals surface area contributed by atoms with Crippen LogP contribution < -0.4 is 10.6 Å². The molecule has 2 amide bonds. The Balaban J connectivity index is 2.51. The van der Waals surface area contributed by atoms with Crippen LogP contribution in [0.1, 0.15) is 38.8 Å². The van der Waals surface area contributed by atoms with E-state index >= 15 is 0 Å². The summed E-state index contributed by atoms with van der Waals surface area (Å²) in [5, 5.41) is 6.45. The van der Waals surface area contributed by atoms with Crippen LogP contribution >= 0.6 is 11.6 Å². The molecule has 3 nitrogen and oxygen atoms in total. The van der Waals surface area contributed by atoms with Crippen LogP contribution in [0.25, 0.3) is 0 Å². The monoisotopic (exact) mass is 254 g/mol. The molecular weight excluding hydrogens is 236 g/mol. The molecule has 2 N–H and O–H groups in total. The average Bonchev–Trinajstić information content (AvgIpc) is 2.29. The molecule has 0 aliphatic rings. The topological polar surface area (TPSA) is 41.1 Å². The first kappa shape index (κ1) is 13.8.